The van der Waals surface area contributed by atoms with Crippen LogP contribution in [-0.2, 0) is 11.3 Å². The largest absolute Gasteiger partial charge is 0.494 e. The summed E-state index contributed by atoms with van der Waals surface area (Å²) < 4.78 is 7.04. The molecule has 2 aromatic rings. The highest BCUT2D eigenvalue weighted by molar-refractivity contribution is 5.67. The zero-order valence-electron chi connectivity index (χ0n) is 10.7. The van der Waals surface area contributed by atoms with Crippen LogP contribution >= 0.6 is 0 Å². The predicted molar refractivity (Wildman–Crippen MR) is 71.1 cm³/mol. The van der Waals surface area contributed by atoms with Crippen LogP contribution in [0.2, 0.25) is 0 Å². The summed E-state index contributed by atoms with van der Waals surface area (Å²) in [5.74, 6) is -0.0529. The van der Waals surface area contributed by atoms with Gasteiger partial charge in [0.2, 0.25) is 0 Å². The summed E-state index contributed by atoms with van der Waals surface area (Å²) in [6.07, 6.45) is 4.21. The minimum Gasteiger partial charge on any atom is -0.494 e. The molecule has 5 heteroatoms. The normalized spacial score (nSPS) is 10.4. The van der Waals surface area contributed by atoms with E-state index < -0.39 is 5.97 Å². The summed E-state index contributed by atoms with van der Waals surface area (Å²) in [7, 11) is 0. The van der Waals surface area contributed by atoms with Crippen molar-refractivity contribution >= 4 is 5.97 Å². The average Bonchev–Trinajstić information content (AvgIpc) is 2.84. The number of carbonyl (C=O) groups is 1. The fourth-order valence-corrected chi connectivity index (χ4v) is 1.69. The lowest BCUT2D eigenvalue weighted by Crippen LogP contribution is -2.06. The van der Waals surface area contributed by atoms with Gasteiger partial charge in [0.25, 0.3) is 0 Å². The molecule has 1 heterocycles. The van der Waals surface area contributed by atoms with Crippen molar-refractivity contribution < 1.29 is 14.6 Å². The van der Waals surface area contributed by atoms with E-state index in [1.165, 1.54) is 6.33 Å². The molecule has 0 spiro atoms. The number of rotatable bonds is 6. The number of hydrogen-bond acceptors (Lipinski definition) is 3. The molecule has 19 heavy (non-hydrogen) atoms. The van der Waals surface area contributed by atoms with E-state index in [1.54, 1.807) is 10.8 Å². The van der Waals surface area contributed by atoms with E-state index in [-0.39, 0.29) is 6.54 Å². The van der Waals surface area contributed by atoms with Crippen LogP contribution in [0.15, 0.2) is 36.8 Å². The Morgan fingerprint density at radius 3 is 2.74 bits per heavy atom. The van der Waals surface area contributed by atoms with Crippen LogP contribution in [-0.4, -0.2) is 27.2 Å². The Hall–Kier alpha value is -2.30. The Bertz CT molecular complexity index is 546. The molecule has 0 saturated heterocycles. The van der Waals surface area contributed by atoms with E-state index in [9.17, 15) is 4.79 Å². The molecule has 0 bridgehead atoms. The predicted octanol–water partition coefficient (Wildman–Crippen LogP) is 2.42. The minimum atomic E-state index is -0.882. The molecule has 0 fully saturated rings. The van der Waals surface area contributed by atoms with Crippen LogP contribution in [0.5, 0.6) is 5.75 Å². The van der Waals surface area contributed by atoms with Crippen molar-refractivity contribution in [3.05, 3.63) is 36.8 Å². The minimum absolute atomic E-state index is 0.0787. The standard InChI is InChI=1S/C14H16N2O3/c1-2-7-19-12-5-3-11(4-6-12)13-8-16(10-15-13)9-14(17)18/h3-6,8,10H,2,7,9H2,1H3,(H,17,18). The smallest absolute Gasteiger partial charge is 0.323 e. The highest BCUT2D eigenvalue weighted by Gasteiger charge is 2.05. The van der Waals surface area contributed by atoms with Crippen molar-refractivity contribution in [2.24, 2.45) is 0 Å². The van der Waals surface area contributed by atoms with Crippen LogP contribution in [0.3, 0.4) is 0 Å². The van der Waals surface area contributed by atoms with Crippen molar-refractivity contribution in [1.29, 1.82) is 0 Å². The molecule has 0 saturated carbocycles. The third kappa shape index (κ3) is 3.58. The van der Waals surface area contributed by atoms with Crippen molar-refractivity contribution in [2.75, 3.05) is 6.61 Å². The molecule has 5 nitrogen and oxygen atoms in total. The lowest BCUT2D eigenvalue weighted by molar-refractivity contribution is -0.137. The molecule has 100 valence electrons. The number of benzene rings is 1. The second kappa shape index (κ2) is 6.04. The lowest BCUT2D eigenvalue weighted by atomic mass is 10.1. The van der Waals surface area contributed by atoms with Gasteiger partial charge in [0, 0.05) is 11.8 Å². The van der Waals surface area contributed by atoms with Crippen molar-refractivity contribution in [3.63, 3.8) is 0 Å². The first-order valence-corrected chi connectivity index (χ1v) is 6.16. The molecule has 0 radical (unpaired) electrons. The van der Waals surface area contributed by atoms with Crippen molar-refractivity contribution in [1.82, 2.24) is 9.55 Å². The second-order valence-electron chi connectivity index (χ2n) is 4.20. The summed E-state index contributed by atoms with van der Waals surface area (Å²) >= 11 is 0. The Morgan fingerprint density at radius 1 is 1.37 bits per heavy atom. The Kier molecular flexibility index (Phi) is 4.18. The number of aromatic nitrogens is 2. The van der Waals surface area contributed by atoms with Crippen LogP contribution < -0.4 is 4.74 Å². The Labute approximate surface area is 111 Å². The molecule has 0 aliphatic carbocycles. The zero-order chi connectivity index (χ0) is 13.7. The quantitative estimate of drug-likeness (QED) is 0.866. The SMILES string of the molecule is CCCOc1ccc(-c2cn(CC(=O)O)cn2)cc1. The molecule has 0 unspecified atom stereocenters. The maximum Gasteiger partial charge on any atom is 0.323 e. The first-order chi connectivity index (χ1) is 9.19. The molecule has 0 amide bonds. The Balaban J connectivity index is 2.09. The van der Waals surface area contributed by atoms with Crippen LogP contribution in [0.1, 0.15) is 13.3 Å². The second-order valence-corrected chi connectivity index (χ2v) is 4.20. The summed E-state index contributed by atoms with van der Waals surface area (Å²) in [4.78, 5) is 14.8. The summed E-state index contributed by atoms with van der Waals surface area (Å²) in [5.41, 5.74) is 1.69. The molecule has 1 N–H and O–H groups in total. The Morgan fingerprint density at radius 2 is 2.11 bits per heavy atom. The fraction of sp³-hybridized carbons (Fsp3) is 0.286. The highest BCUT2D eigenvalue weighted by atomic mass is 16.5. The van der Waals surface area contributed by atoms with E-state index >= 15 is 0 Å². The van der Waals surface area contributed by atoms with Gasteiger partial charge in [0.1, 0.15) is 12.3 Å². The van der Waals surface area contributed by atoms with E-state index in [0.29, 0.717) is 6.61 Å². The van der Waals surface area contributed by atoms with Gasteiger partial charge in [0.05, 0.1) is 18.6 Å². The molecule has 0 aliphatic heterocycles. The topological polar surface area (TPSA) is 64.3 Å². The van der Waals surface area contributed by atoms with E-state index in [1.807, 2.05) is 24.3 Å². The van der Waals surface area contributed by atoms with Gasteiger partial charge in [-0.3, -0.25) is 4.79 Å². The third-order valence-electron chi connectivity index (χ3n) is 2.57. The first-order valence-electron chi connectivity index (χ1n) is 6.16. The molecule has 0 aliphatic rings. The van der Waals surface area contributed by atoms with Gasteiger partial charge >= 0.3 is 5.97 Å². The third-order valence-corrected chi connectivity index (χ3v) is 2.57. The molecule has 1 aromatic carbocycles. The summed E-state index contributed by atoms with van der Waals surface area (Å²) in [6, 6.07) is 7.61. The van der Waals surface area contributed by atoms with Gasteiger partial charge in [-0.15, -0.1) is 0 Å². The highest BCUT2D eigenvalue weighted by Crippen LogP contribution is 2.20. The van der Waals surface area contributed by atoms with E-state index in [4.69, 9.17) is 9.84 Å². The number of nitrogens with zero attached hydrogens (tertiary/aromatic N) is 2. The monoisotopic (exact) mass is 260 g/mol. The van der Waals surface area contributed by atoms with Gasteiger partial charge in [-0.25, -0.2) is 4.98 Å². The van der Waals surface area contributed by atoms with Gasteiger partial charge in [0.15, 0.2) is 0 Å². The summed E-state index contributed by atoms with van der Waals surface area (Å²) in [6.45, 7) is 2.68. The van der Waals surface area contributed by atoms with Crippen LogP contribution in [0.4, 0.5) is 0 Å². The van der Waals surface area contributed by atoms with Gasteiger partial charge in [-0.2, -0.15) is 0 Å². The number of aliphatic carboxylic acids is 1. The number of hydrogen-bond donors (Lipinski definition) is 1. The fourth-order valence-electron chi connectivity index (χ4n) is 1.69. The first kappa shape index (κ1) is 13.1. The van der Waals surface area contributed by atoms with Crippen molar-refractivity contribution in [3.8, 4) is 17.0 Å². The van der Waals surface area contributed by atoms with E-state index in [2.05, 4.69) is 11.9 Å². The zero-order valence-corrected chi connectivity index (χ0v) is 10.7. The number of imidazole rings is 1. The summed E-state index contributed by atoms with van der Waals surface area (Å²) in [5, 5.41) is 8.70. The molecular weight excluding hydrogens is 244 g/mol. The van der Waals surface area contributed by atoms with Gasteiger partial charge < -0.3 is 14.4 Å². The molecular formula is C14H16N2O3. The number of carboxylic acid groups (broad SMARTS) is 1. The maximum atomic E-state index is 10.6. The van der Waals surface area contributed by atoms with E-state index in [0.717, 1.165) is 23.4 Å². The number of ether oxygens (including phenoxy) is 1. The van der Waals surface area contributed by atoms with Crippen LogP contribution in [0, 0.1) is 0 Å². The maximum absolute atomic E-state index is 10.6. The lowest BCUT2D eigenvalue weighted by Gasteiger charge is -2.04. The molecule has 2 rings (SSSR count). The van der Waals surface area contributed by atoms with Gasteiger partial charge in [-0.1, -0.05) is 6.92 Å². The molecule has 1 aromatic heterocycles. The van der Waals surface area contributed by atoms with Gasteiger partial charge in [-0.05, 0) is 30.7 Å². The molecule has 0 atom stereocenters. The van der Waals surface area contributed by atoms with Crippen LogP contribution in [0.25, 0.3) is 11.3 Å². The number of carboxylic acids is 1. The average molecular weight is 260 g/mol. The van der Waals surface area contributed by atoms with Crippen molar-refractivity contribution in [2.45, 2.75) is 19.9 Å².